The molecular formula is C38H47N5O7S. The first-order valence-corrected chi connectivity index (χ1v) is 19.5. The number of carbonyl (C=O) groups excluding carboxylic acids is 2. The summed E-state index contributed by atoms with van der Waals surface area (Å²) in [5.41, 5.74) is 5.84. The van der Waals surface area contributed by atoms with E-state index in [1.165, 1.54) is 0 Å². The number of nitrogens with one attached hydrogen (secondary N) is 1. The maximum Gasteiger partial charge on any atom is 0.341 e. The van der Waals surface area contributed by atoms with Gasteiger partial charge in [0.05, 0.1) is 40.8 Å². The van der Waals surface area contributed by atoms with Crippen molar-refractivity contribution in [3.63, 3.8) is 0 Å². The van der Waals surface area contributed by atoms with E-state index in [1.807, 2.05) is 6.92 Å². The van der Waals surface area contributed by atoms with E-state index in [0.29, 0.717) is 66.6 Å². The number of rotatable bonds is 8. The summed E-state index contributed by atoms with van der Waals surface area (Å²) in [6.45, 7) is 11.0. The van der Waals surface area contributed by atoms with Crippen molar-refractivity contribution in [3.05, 3.63) is 68.1 Å². The van der Waals surface area contributed by atoms with Gasteiger partial charge in [-0.05, 0) is 101 Å². The van der Waals surface area contributed by atoms with E-state index >= 15 is 0 Å². The highest BCUT2D eigenvalue weighted by Gasteiger charge is 2.51. The van der Waals surface area contributed by atoms with E-state index in [2.05, 4.69) is 39.5 Å². The topological polar surface area (TPSA) is 133 Å². The minimum Gasteiger partial charge on any atom is -0.422 e. The fourth-order valence-corrected chi connectivity index (χ4v) is 9.67. The van der Waals surface area contributed by atoms with Gasteiger partial charge in [-0.1, -0.05) is 0 Å². The second-order valence-corrected chi connectivity index (χ2v) is 17.9. The highest BCUT2D eigenvalue weighted by atomic mass is 32.2. The molecular weight excluding hydrogens is 671 g/mol. The molecule has 2 aliphatic carbocycles. The number of hydrogen-bond donors (Lipinski definition) is 1. The molecule has 272 valence electrons. The number of nitrogens with zero attached hydrogens (tertiary/aromatic N) is 4. The molecule has 2 saturated carbocycles. The summed E-state index contributed by atoms with van der Waals surface area (Å²) in [4.78, 5) is 49.6. The van der Waals surface area contributed by atoms with Crippen LogP contribution in [0.15, 0.2) is 33.5 Å². The van der Waals surface area contributed by atoms with Gasteiger partial charge >= 0.3 is 5.63 Å². The predicted octanol–water partition coefficient (Wildman–Crippen LogP) is 3.44. The number of likely N-dealkylation sites (N-methyl/N-ethyl adjacent to an activating group) is 1. The van der Waals surface area contributed by atoms with Crippen LogP contribution < -0.4 is 20.1 Å². The van der Waals surface area contributed by atoms with Gasteiger partial charge in [-0.15, -0.1) is 0 Å². The van der Waals surface area contributed by atoms with Crippen molar-refractivity contribution in [1.82, 2.24) is 14.5 Å². The number of benzene rings is 2. The Morgan fingerprint density at radius 3 is 2.45 bits per heavy atom. The number of piperidine rings is 1. The van der Waals surface area contributed by atoms with Gasteiger partial charge in [-0.2, -0.15) is 0 Å². The van der Waals surface area contributed by atoms with Crippen LogP contribution in [0.1, 0.15) is 69.2 Å². The minimum absolute atomic E-state index is 0.117. The van der Waals surface area contributed by atoms with Gasteiger partial charge in [0.2, 0.25) is 10.0 Å². The van der Waals surface area contributed by atoms with E-state index in [-0.39, 0.29) is 24.1 Å². The number of anilines is 2. The monoisotopic (exact) mass is 717 g/mol. The van der Waals surface area contributed by atoms with Crippen LogP contribution in [0.3, 0.4) is 0 Å². The van der Waals surface area contributed by atoms with E-state index in [4.69, 9.17) is 9.15 Å². The second-order valence-electron chi connectivity index (χ2n) is 15.7. The third kappa shape index (κ3) is 5.90. The van der Waals surface area contributed by atoms with Gasteiger partial charge in [0.25, 0.3) is 11.8 Å². The number of methoxy groups -OCH3 is 1. The van der Waals surface area contributed by atoms with Gasteiger partial charge in [0.15, 0.2) is 0 Å². The molecule has 4 heterocycles. The van der Waals surface area contributed by atoms with Crippen molar-refractivity contribution in [2.45, 2.75) is 63.8 Å². The maximum absolute atomic E-state index is 14.1. The molecule has 0 radical (unpaired) electrons. The van der Waals surface area contributed by atoms with Crippen LogP contribution in [0.5, 0.6) is 0 Å². The highest BCUT2D eigenvalue weighted by Crippen LogP contribution is 2.47. The van der Waals surface area contributed by atoms with Gasteiger partial charge in [-0.3, -0.25) is 14.5 Å². The molecule has 2 amide bonds. The summed E-state index contributed by atoms with van der Waals surface area (Å²) in [5, 5.41) is 0.945. The molecule has 2 aromatic carbocycles. The lowest BCUT2D eigenvalue weighted by Crippen LogP contribution is -2.53. The van der Waals surface area contributed by atoms with Crippen LogP contribution in [-0.4, -0.2) is 101 Å². The first kappa shape index (κ1) is 34.2. The quantitative estimate of drug-likeness (QED) is 0.346. The molecule has 0 spiro atoms. The van der Waals surface area contributed by atoms with Crippen molar-refractivity contribution in [3.8, 4) is 0 Å². The molecule has 1 N–H and O–H groups in total. The fourth-order valence-electron chi connectivity index (χ4n) is 8.43. The Kier molecular flexibility index (Phi) is 8.27. The molecule has 3 aliphatic heterocycles. The lowest BCUT2D eigenvalue weighted by Gasteiger charge is -2.41. The molecule has 5 aliphatic rings. The van der Waals surface area contributed by atoms with Gasteiger partial charge in [-0.25, -0.2) is 17.9 Å². The molecule has 2 unspecified atom stereocenters. The van der Waals surface area contributed by atoms with Gasteiger partial charge in [0.1, 0.15) is 5.58 Å². The van der Waals surface area contributed by atoms with Crippen LogP contribution in [0.25, 0.3) is 11.0 Å². The Morgan fingerprint density at radius 2 is 1.75 bits per heavy atom. The fraction of sp³-hybridized carbons (Fsp3) is 0.553. The largest absolute Gasteiger partial charge is 0.422 e. The zero-order valence-corrected chi connectivity index (χ0v) is 30.9. The zero-order valence-electron chi connectivity index (χ0n) is 30.1. The summed E-state index contributed by atoms with van der Waals surface area (Å²) in [6.07, 6.45) is 2.70. The zero-order chi connectivity index (χ0) is 36.0. The number of sulfonamides is 1. The Morgan fingerprint density at radius 1 is 1.00 bits per heavy atom. The van der Waals surface area contributed by atoms with E-state index in [9.17, 15) is 22.8 Å². The van der Waals surface area contributed by atoms with Gasteiger partial charge < -0.3 is 23.9 Å². The SMILES string of the molecule is COC[C@H]1CN(c2cc(C)c3c4c(c(=O)oc3c2C)CN(C(=O)c2ccc(C(=O)NS(=O)(=O)C3(C)CC3)c(N3CC5CC5C3)c2)CC4)CCN1C. The normalized spacial score (nSPS) is 24.0. The number of aryl methyl sites for hydroxylation is 2. The molecule has 2 saturated heterocycles. The van der Waals surface area contributed by atoms with Crippen molar-refractivity contribution < 1.29 is 27.2 Å². The molecule has 13 heteroatoms. The minimum atomic E-state index is -3.83. The molecule has 12 nitrogen and oxygen atoms in total. The standard InChI is InChI=1S/C38H47N5O7S/c1-22-14-31(41-13-12-40(4)27(19-41)21-49-5)23(2)34-33(22)28-8-11-42(20-30(28)37(46)50-34)36(45)24-6-7-29(32(16-24)43-17-25-15-26(25)18-43)35(44)39-51(47,48)38(3)9-10-38/h6-7,14,16,25-27H,8-13,15,17-21H2,1-5H3,(H,39,44)/t25?,26?,27-/m1/s1. The smallest absolute Gasteiger partial charge is 0.341 e. The molecule has 0 bridgehead atoms. The summed E-state index contributed by atoms with van der Waals surface area (Å²) in [7, 11) is 0.0122. The molecule has 1 aromatic heterocycles. The first-order chi connectivity index (χ1) is 24.3. The van der Waals surface area contributed by atoms with Crippen LogP contribution >= 0.6 is 0 Å². The van der Waals surface area contributed by atoms with Crippen molar-refractivity contribution in [2.75, 3.05) is 69.8 Å². The van der Waals surface area contributed by atoms with Crippen molar-refractivity contribution in [2.24, 2.45) is 11.8 Å². The van der Waals surface area contributed by atoms with E-state index in [1.54, 1.807) is 37.1 Å². The lowest BCUT2D eigenvalue weighted by molar-refractivity contribution is 0.0732. The number of piperazine rings is 1. The Balaban J connectivity index is 1.07. The maximum atomic E-state index is 14.1. The van der Waals surface area contributed by atoms with E-state index < -0.39 is 26.3 Å². The molecule has 4 fully saturated rings. The van der Waals surface area contributed by atoms with Crippen LogP contribution in [-0.2, 0) is 27.7 Å². The average molecular weight is 718 g/mol. The second kappa shape index (κ2) is 12.3. The Hall–Kier alpha value is -3.94. The van der Waals surface area contributed by atoms with E-state index in [0.717, 1.165) is 66.9 Å². The van der Waals surface area contributed by atoms with Crippen LogP contribution in [0.4, 0.5) is 11.4 Å². The van der Waals surface area contributed by atoms with Crippen LogP contribution in [0, 0.1) is 25.7 Å². The summed E-state index contributed by atoms with van der Waals surface area (Å²) in [6, 6.07) is 7.33. The van der Waals surface area contributed by atoms with Crippen molar-refractivity contribution >= 4 is 44.2 Å². The third-order valence-electron chi connectivity index (χ3n) is 12.2. The number of carbonyl (C=O) groups is 2. The average Bonchev–Trinajstić information content (AvgIpc) is 4.02. The van der Waals surface area contributed by atoms with Crippen molar-refractivity contribution in [1.29, 1.82) is 0 Å². The summed E-state index contributed by atoms with van der Waals surface area (Å²) in [5.74, 6) is 0.184. The van der Waals surface area contributed by atoms with Crippen LogP contribution in [0.2, 0.25) is 0 Å². The first-order valence-electron chi connectivity index (χ1n) is 18.1. The number of hydrogen-bond acceptors (Lipinski definition) is 10. The number of ether oxygens (including phenoxy) is 1. The Bertz CT molecular complexity index is 2120. The number of fused-ring (bicyclic) bond motifs is 4. The highest BCUT2D eigenvalue weighted by molar-refractivity contribution is 7.91. The lowest BCUT2D eigenvalue weighted by atomic mass is 9.92. The Labute approximate surface area is 298 Å². The summed E-state index contributed by atoms with van der Waals surface area (Å²) < 4.78 is 38.8. The summed E-state index contributed by atoms with van der Waals surface area (Å²) >= 11 is 0. The number of amides is 2. The predicted molar refractivity (Wildman–Crippen MR) is 195 cm³/mol. The molecule has 51 heavy (non-hydrogen) atoms. The molecule has 8 rings (SSSR count). The third-order valence-corrected chi connectivity index (χ3v) is 14.4. The molecule has 3 atom stereocenters. The molecule has 3 aromatic rings. The van der Waals surface area contributed by atoms with Gasteiger partial charge in [0, 0.05) is 68.6 Å².